The summed E-state index contributed by atoms with van der Waals surface area (Å²) in [6.45, 7) is 8.04. The van der Waals surface area contributed by atoms with Crippen LogP contribution in [0.25, 0.3) is 11.4 Å². The highest BCUT2D eigenvalue weighted by Crippen LogP contribution is 2.26. The minimum absolute atomic E-state index is 0.924. The largest absolute Gasteiger partial charge is 0.342 e. The summed E-state index contributed by atoms with van der Waals surface area (Å²) >= 11 is 3.51. The van der Waals surface area contributed by atoms with Crippen molar-refractivity contribution in [3.8, 4) is 11.4 Å². The van der Waals surface area contributed by atoms with Crippen LogP contribution in [0.3, 0.4) is 0 Å². The Kier molecular flexibility index (Phi) is 4.74. The molecule has 1 aromatic heterocycles. The summed E-state index contributed by atoms with van der Waals surface area (Å²) in [5.41, 5.74) is 3.27. The molecule has 0 aliphatic heterocycles. The van der Waals surface area contributed by atoms with Crippen LogP contribution in [0.4, 0.5) is 0 Å². The number of nitrogens with zero attached hydrogens (tertiary/aromatic N) is 1. The van der Waals surface area contributed by atoms with E-state index in [1.54, 1.807) is 0 Å². The number of aromatic amines is 1. The second kappa shape index (κ2) is 5.85. The molecule has 1 aromatic carbocycles. The van der Waals surface area contributed by atoms with Gasteiger partial charge in [-0.25, -0.2) is 4.98 Å². The van der Waals surface area contributed by atoms with E-state index in [-0.39, 0.29) is 0 Å². The molecule has 0 fully saturated rings. The fourth-order valence-electron chi connectivity index (χ4n) is 1.33. The molecule has 0 atom stereocenters. The minimum Gasteiger partial charge on any atom is -0.342 e. The number of hydrogen-bond acceptors (Lipinski definition) is 1. The Labute approximate surface area is 105 Å². The average Bonchev–Trinajstić information content (AvgIpc) is 2.62. The Morgan fingerprint density at radius 2 is 1.75 bits per heavy atom. The molecule has 2 nitrogen and oxygen atoms in total. The Bertz CT molecular complexity index is 441. The molecule has 0 amide bonds. The summed E-state index contributed by atoms with van der Waals surface area (Å²) in [4.78, 5) is 7.72. The van der Waals surface area contributed by atoms with E-state index < -0.39 is 0 Å². The summed E-state index contributed by atoms with van der Waals surface area (Å²) in [7, 11) is 0. The van der Waals surface area contributed by atoms with E-state index in [9.17, 15) is 0 Å². The van der Waals surface area contributed by atoms with Crippen LogP contribution in [0.15, 0.2) is 28.7 Å². The van der Waals surface area contributed by atoms with Crippen LogP contribution in [0.2, 0.25) is 0 Å². The van der Waals surface area contributed by atoms with Crippen LogP contribution in [-0.4, -0.2) is 9.97 Å². The van der Waals surface area contributed by atoms with Gasteiger partial charge in [-0.1, -0.05) is 48.0 Å². The molecule has 0 saturated carbocycles. The van der Waals surface area contributed by atoms with Gasteiger partial charge in [0.1, 0.15) is 5.82 Å². The first kappa shape index (κ1) is 13.0. The number of benzene rings is 1. The van der Waals surface area contributed by atoms with Crippen molar-refractivity contribution in [1.82, 2.24) is 9.97 Å². The number of imidazole rings is 1. The van der Waals surface area contributed by atoms with Gasteiger partial charge in [-0.15, -0.1) is 0 Å². The SMILES string of the molecule is CC.Cc1nc(-c2ccccc2Br)[nH]c1C. The van der Waals surface area contributed by atoms with Crippen LogP contribution < -0.4 is 0 Å². The van der Waals surface area contributed by atoms with Gasteiger partial charge >= 0.3 is 0 Å². The van der Waals surface area contributed by atoms with Gasteiger partial charge in [0.25, 0.3) is 0 Å². The molecule has 16 heavy (non-hydrogen) atoms. The second-order valence-electron chi connectivity index (χ2n) is 3.28. The Balaban J connectivity index is 0.000000606. The molecule has 0 aliphatic carbocycles. The van der Waals surface area contributed by atoms with E-state index in [2.05, 4.69) is 25.9 Å². The maximum atomic E-state index is 4.46. The lowest BCUT2D eigenvalue weighted by Gasteiger charge is -1.98. The van der Waals surface area contributed by atoms with Crippen LogP contribution >= 0.6 is 15.9 Å². The standard InChI is InChI=1S/C11H11BrN2.C2H6/c1-7-8(2)14-11(13-7)9-5-3-4-6-10(9)12;1-2/h3-6H,1-2H3,(H,13,14);1-2H3. The molecule has 0 unspecified atom stereocenters. The first-order valence-electron chi connectivity index (χ1n) is 5.46. The highest BCUT2D eigenvalue weighted by Gasteiger charge is 2.07. The van der Waals surface area contributed by atoms with Crippen molar-refractivity contribution < 1.29 is 0 Å². The van der Waals surface area contributed by atoms with Gasteiger partial charge in [0.2, 0.25) is 0 Å². The Morgan fingerprint density at radius 1 is 1.12 bits per heavy atom. The molecule has 0 radical (unpaired) electrons. The van der Waals surface area contributed by atoms with Crippen LogP contribution in [-0.2, 0) is 0 Å². The maximum absolute atomic E-state index is 4.46. The van der Waals surface area contributed by atoms with Crippen molar-refractivity contribution >= 4 is 15.9 Å². The number of rotatable bonds is 1. The fourth-order valence-corrected chi connectivity index (χ4v) is 1.80. The molecule has 1 N–H and O–H groups in total. The average molecular weight is 281 g/mol. The van der Waals surface area contributed by atoms with E-state index in [1.165, 1.54) is 0 Å². The maximum Gasteiger partial charge on any atom is 0.138 e. The Morgan fingerprint density at radius 3 is 2.25 bits per heavy atom. The van der Waals surface area contributed by atoms with E-state index in [4.69, 9.17) is 0 Å². The quantitative estimate of drug-likeness (QED) is 0.820. The smallest absolute Gasteiger partial charge is 0.138 e. The molecule has 0 spiro atoms. The van der Waals surface area contributed by atoms with Gasteiger partial charge in [0, 0.05) is 15.7 Å². The third-order valence-electron chi connectivity index (χ3n) is 2.26. The molecular weight excluding hydrogens is 264 g/mol. The van der Waals surface area contributed by atoms with Crippen LogP contribution in [0, 0.1) is 13.8 Å². The molecule has 0 aliphatic rings. The first-order valence-corrected chi connectivity index (χ1v) is 6.26. The summed E-state index contributed by atoms with van der Waals surface area (Å²) in [6.07, 6.45) is 0. The summed E-state index contributed by atoms with van der Waals surface area (Å²) in [5.74, 6) is 0.924. The minimum atomic E-state index is 0.924. The predicted octanol–water partition coefficient (Wildman–Crippen LogP) is 4.48. The topological polar surface area (TPSA) is 28.7 Å². The van der Waals surface area contributed by atoms with E-state index in [0.717, 1.165) is 27.2 Å². The molecule has 0 bridgehead atoms. The molecule has 2 rings (SSSR count). The predicted molar refractivity (Wildman–Crippen MR) is 72.5 cm³/mol. The van der Waals surface area contributed by atoms with Gasteiger partial charge in [0.05, 0.1) is 5.69 Å². The number of H-pyrrole nitrogens is 1. The zero-order chi connectivity index (χ0) is 12.1. The molecular formula is C13H17BrN2. The Hall–Kier alpha value is -1.09. The summed E-state index contributed by atoms with van der Waals surface area (Å²) in [5, 5.41) is 0. The molecule has 2 aromatic rings. The zero-order valence-corrected chi connectivity index (χ0v) is 11.7. The van der Waals surface area contributed by atoms with Gasteiger partial charge in [0.15, 0.2) is 0 Å². The second-order valence-corrected chi connectivity index (χ2v) is 4.13. The summed E-state index contributed by atoms with van der Waals surface area (Å²) in [6, 6.07) is 8.06. The van der Waals surface area contributed by atoms with Crippen molar-refractivity contribution in [1.29, 1.82) is 0 Å². The van der Waals surface area contributed by atoms with Crippen molar-refractivity contribution in [3.63, 3.8) is 0 Å². The lowest BCUT2D eigenvalue weighted by atomic mass is 10.2. The third kappa shape index (κ3) is 2.73. The molecule has 86 valence electrons. The van der Waals surface area contributed by atoms with Crippen molar-refractivity contribution in [2.24, 2.45) is 0 Å². The number of halogens is 1. The summed E-state index contributed by atoms with van der Waals surface area (Å²) < 4.78 is 1.06. The third-order valence-corrected chi connectivity index (χ3v) is 2.95. The monoisotopic (exact) mass is 280 g/mol. The number of aryl methyl sites for hydroxylation is 2. The number of aromatic nitrogens is 2. The number of nitrogens with one attached hydrogen (secondary N) is 1. The van der Waals surface area contributed by atoms with Crippen LogP contribution in [0.5, 0.6) is 0 Å². The normalized spacial score (nSPS) is 9.56. The van der Waals surface area contributed by atoms with E-state index >= 15 is 0 Å². The highest BCUT2D eigenvalue weighted by atomic mass is 79.9. The zero-order valence-electron chi connectivity index (χ0n) is 10.1. The fraction of sp³-hybridized carbons (Fsp3) is 0.308. The molecule has 0 saturated heterocycles. The van der Waals surface area contributed by atoms with Crippen molar-refractivity contribution in [2.45, 2.75) is 27.7 Å². The lowest BCUT2D eigenvalue weighted by Crippen LogP contribution is -1.81. The number of hydrogen-bond donors (Lipinski definition) is 1. The van der Waals surface area contributed by atoms with Crippen molar-refractivity contribution in [2.75, 3.05) is 0 Å². The van der Waals surface area contributed by atoms with E-state index in [1.807, 2.05) is 52.0 Å². The molecule has 3 heteroatoms. The van der Waals surface area contributed by atoms with Gasteiger partial charge in [-0.2, -0.15) is 0 Å². The highest BCUT2D eigenvalue weighted by molar-refractivity contribution is 9.10. The van der Waals surface area contributed by atoms with Crippen molar-refractivity contribution in [3.05, 3.63) is 40.1 Å². The molecule has 1 heterocycles. The van der Waals surface area contributed by atoms with Gasteiger partial charge < -0.3 is 4.98 Å². The lowest BCUT2D eigenvalue weighted by molar-refractivity contribution is 1.22. The van der Waals surface area contributed by atoms with E-state index in [0.29, 0.717) is 0 Å². The van der Waals surface area contributed by atoms with Gasteiger partial charge in [-0.05, 0) is 19.9 Å². The van der Waals surface area contributed by atoms with Gasteiger partial charge in [-0.3, -0.25) is 0 Å². The van der Waals surface area contributed by atoms with Crippen LogP contribution in [0.1, 0.15) is 25.2 Å². The first-order chi connectivity index (χ1) is 7.68.